The zero-order valence-corrected chi connectivity index (χ0v) is 12.4. The second-order valence-corrected chi connectivity index (χ2v) is 5.90. The summed E-state index contributed by atoms with van der Waals surface area (Å²) >= 11 is 3.49. The van der Waals surface area contributed by atoms with E-state index in [4.69, 9.17) is 0 Å². The SMILES string of the molecule is Brc1ccnn1-c1ccc(CC2CCCCN2)cc1. The molecule has 19 heavy (non-hydrogen) atoms. The fraction of sp³-hybridized carbons (Fsp3) is 0.400. The topological polar surface area (TPSA) is 29.9 Å². The van der Waals surface area contributed by atoms with Gasteiger partial charge in [-0.1, -0.05) is 18.6 Å². The molecule has 1 aliphatic heterocycles. The largest absolute Gasteiger partial charge is 0.314 e. The molecule has 1 unspecified atom stereocenters. The van der Waals surface area contributed by atoms with Gasteiger partial charge in [0.15, 0.2) is 0 Å². The third-order valence-corrected chi connectivity index (χ3v) is 4.27. The van der Waals surface area contributed by atoms with E-state index in [1.807, 2.05) is 10.7 Å². The Labute approximate surface area is 122 Å². The lowest BCUT2D eigenvalue weighted by molar-refractivity contribution is 0.399. The van der Waals surface area contributed by atoms with Crippen LogP contribution in [-0.4, -0.2) is 22.4 Å². The van der Waals surface area contributed by atoms with Gasteiger partial charge in [0.25, 0.3) is 0 Å². The highest BCUT2D eigenvalue weighted by molar-refractivity contribution is 9.10. The Bertz CT molecular complexity index is 527. The van der Waals surface area contributed by atoms with Crippen molar-refractivity contribution in [2.24, 2.45) is 0 Å². The first-order valence-electron chi connectivity index (χ1n) is 6.85. The molecule has 3 rings (SSSR count). The highest BCUT2D eigenvalue weighted by Gasteiger charge is 2.12. The summed E-state index contributed by atoms with van der Waals surface area (Å²) < 4.78 is 2.87. The van der Waals surface area contributed by atoms with Gasteiger partial charge in [0.05, 0.1) is 11.9 Å². The van der Waals surface area contributed by atoms with E-state index in [-0.39, 0.29) is 0 Å². The molecule has 0 aliphatic carbocycles. The second kappa shape index (κ2) is 5.88. The van der Waals surface area contributed by atoms with Crippen molar-refractivity contribution in [1.29, 1.82) is 0 Å². The molecule has 0 spiro atoms. The van der Waals surface area contributed by atoms with Gasteiger partial charge in [-0.15, -0.1) is 0 Å². The number of rotatable bonds is 3. The van der Waals surface area contributed by atoms with Gasteiger partial charge in [-0.25, -0.2) is 4.68 Å². The number of hydrogen-bond donors (Lipinski definition) is 1. The Morgan fingerprint density at radius 3 is 2.68 bits per heavy atom. The zero-order valence-electron chi connectivity index (χ0n) is 10.8. The smallest absolute Gasteiger partial charge is 0.109 e. The molecule has 1 fully saturated rings. The van der Waals surface area contributed by atoms with Crippen LogP contribution in [0.4, 0.5) is 0 Å². The van der Waals surface area contributed by atoms with Gasteiger partial charge in [0.1, 0.15) is 4.60 Å². The van der Waals surface area contributed by atoms with E-state index in [9.17, 15) is 0 Å². The summed E-state index contributed by atoms with van der Waals surface area (Å²) in [5.41, 5.74) is 2.49. The van der Waals surface area contributed by atoms with E-state index in [0.717, 1.165) is 16.7 Å². The standard InChI is InChI=1S/C15H18BrN3/c16-15-8-10-18-19(15)14-6-4-12(5-7-14)11-13-3-1-2-9-17-13/h4-8,10,13,17H,1-3,9,11H2. The minimum absolute atomic E-state index is 0.649. The lowest BCUT2D eigenvalue weighted by Crippen LogP contribution is -2.35. The van der Waals surface area contributed by atoms with Gasteiger partial charge < -0.3 is 5.32 Å². The Kier molecular flexibility index (Phi) is 3.99. The molecule has 2 heterocycles. The van der Waals surface area contributed by atoms with E-state index >= 15 is 0 Å². The summed E-state index contributed by atoms with van der Waals surface area (Å²) in [6.45, 7) is 1.17. The highest BCUT2D eigenvalue weighted by atomic mass is 79.9. The Morgan fingerprint density at radius 1 is 1.21 bits per heavy atom. The van der Waals surface area contributed by atoms with Crippen molar-refractivity contribution in [3.05, 3.63) is 46.7 Å². The normalized spacial score (nSPS) is 19.5. The Balaban J connectivity index is 1.70. The van der Waals surface area contributed by atoms with E-state index in [0.29, 0.717) is 6.04 Å². The van der Waals surface area contributed by atoms with Gasteiger partial charge in [-0.3, -0.25) is 0 Å². The Hall–Kier alpha value is -1.13. The van der Waals surface area contributed by atoms with E-state index < -0.39 is 0 Å². The van der Waals surface area contributed by atoms with Gasteiger partial charge in [0, 0.05) is 6.04 Å². The third-order valence-electron chi connectivity index (χ3n) is 3.67. The van der Waals surface area contributed by atoms with Crippen LogP contribution in [0.3, 0.4) is 0 Å². The van der Waals surface area contributed by atoms with Crippen LogP contribution in [-0.2, 0) is 6.42 Å². The molecular weight excluding hydrogens is 302 g/mol. The number of benzene rings is 1. The van der Waals surface area contributed by atoms with Gasteiger partial charge in [-0.05, 0) is 65.5 Å². The lowest BCUT2D eigenvalue weighted by Gasteiger charge is -2.23. The molecule has 3 nitrogen and oxygen atoms in total. The predicted octanol–water partition coefficient (Wildman–Crippen LogP) is 3.32. The maximum absolute atomic E-state index is 4.29. The summed E-state index contributed by atoms with van der Waals surface area (Å²) in [6, 6.07) is 11.3. The minimum Gasteiger partial charge on any atom is -0.314 e. The number of nitrogens with zero attached hydrogens (tertiary/aromatic N) is 2. The average Bonchev–Trinajstić information content (AvgIpc) is 2.87. The summed E-state index contributed by atoms with van der Waals surface area (Å²) in [7, 11) is 0. The molecule has 0 bridgehead atoms. The minimum atomic E-state index is 0.649. The molecule has 1 aromatic heterocycles. The summed E-state index contributed by atoms with van der Waals surface area (Å²) in [4.78, 5) is 0. The molecular formula is C15H18BrN3. The molecule has 1 aromatic carbocycles. The molecule has 0 saturated carbocycles. The average molecular weight is 320 g/mol. The number of nitrogens with one attached hydrogen (secondary N) is 1. The van der Waals surface area contributed by atoms with Crippen LogP contribution >= 0.6 is 15.9 Å². The van der Waals surface area contributed by atoms with Crippen molar-refractivity contribution in [2.45, 2.75) is 31.7 Å². The van der Waals surface area contributed by atoms with Crippen molar-refractivity contribution in [2.75, 3.05) is 6.54 Å². The maximum atomic E-state index is 4.29. The molecule has 1 atom stereocenters. The first kappa shape index (κ1) is 12.9. The summed E-state index contributed by atoms with van der Waals surface area (Å²) in [6.07, 6.45) is 6.90. The molecule has 4 heteroatoms. The van der Waals surface area contributed by atoms with Crippen molar-refractivity contribution in [3.63, 3.8) is 0 Å². The fourth-order valence-electron chi connectivity index (χ4n) is 2.63. The highest BCUT2D eigenvalue weighted by Crippen LogP contribution is 2.18. The van der Waals surface area contributed by atoms with E-state index in [1.54, 1.807) is 6.20 Å². The van der Waals surface area contributed by atoms with Crippen LogP contribution in [0.15, 0.2) is 41.1 Å². The van der Waals surface area contributed by atoms with Crippen molar-refractivity contribution < 1.29 is 0 Å². The van der Waals surface area contributed by atoms with Crippen LogP contribution in [0.1, 0.15) is 24.8 Å². The molecule has 1 N–H and O–H groups in total. The lowest BCUT2D eigenvalue weighted by atomic mass is 9.98. The first-order valence-corrected chi connectivity index (χ1v) is 7.64. The van der Waals surface area contributed by atoms with Crippen LogP contribution in [0.2, 0.25) is 0 Å². The van der Waals surface area contributed by atoms with Crippen LogP contribution < -0.4 is 5.32 Å². The maximum Gasteiger partial charge on any atom is 0.109 e. The van der Waals surface area contributed by atoms with E-state index in [1.165, 1.54) is 31.4 Å². The number of hydrogen-bond acceptors (Lipinski definition) is 2. The van der Waals surface area contributed by atoms with Crippen molar-refractivity contribution >= 4 is 15.9 Å². The predicted molar refractivity (Wildman–Crippen MR) is 80.6 cm³/mol. The number of halogens is 1. The Morgan fingerprint density at radius 2 is 2.05 bits per heavy atom. The van der Waals surface area contributed by atoms with Crippen molar-refractivity contribution in [1.82, 2.24) is 15.1 Å². The monoisotopic (exact) mass is 319 g/mol. The van der Waals surface area contributed by atoms with Crippen LogP contribution in [0, 0.1) is 0 Å². The molecule has 100 valence electrons. The molecule has 2 aromatic rings. The summed E-state index contributed by atoms with van der Waals surface area (Å²) in [5, 5.41) is 7.88. The van der Waals surface area contributed by atoms with Gasteiger partial charge >= 0.3 is 0 Å². The number of piperidine rings is 1. The molecule has 1 saturated heterocycles. The van der Waals surface area contributed by atoms with Crippen molar-refractivity contribution in [3.8, 4) is 5.69 Å². The second-order valence-electron chi connectivity index (χ2n) is 5.08. The fourth-order valence-corrected chi connectivity index (χ4v) is 3.05. The quantitative estimate of drug-likeness (QED) is 0.940. The molecule has 0 radical (unpaired) electrons. The molecule has 1 aliphatic rings. The first-order chi connectivity index (χ1) is 9.33. The summed E-state index contributed by atoms with van der Waals surface area (Å²) in [5.74, 6) is 0. The zero-order chi connectivity index (χ0) is 13.1. The molecule has 0 amide bonds. The van der Waals surface area contributed by atoms with E-state index in [2.05, 4.69) is 50.6 Å². The third kappa shape index (κ3) is 3.07. The van der Waals surface area contributed by atoms with Gasteiger partial charge in [0.2, 0.25) is 0 Å². The van der Waals surface area contributed by atoms with Crippen LogP contribution in [0.5, 0.6) is 0 Å². The van der Waals surface area contributed by atoms with Gasteiger partial charge in [-0.2, -0.15) is 5.10 Å². The van der Waals surface area contributed by atoms with Crippen LogP contribution in [0.25, 0.3) is 5.69 Å². The number of aromatic nitrogens is 2.